The Kier molecular flexibility index (Phi) is 6.11. The largest absolute Gasteiger partial charge is 0.325 e. The summed E-state index contributed by atoms with van der Waals surface area (Å²) >= 11 is 4.80. The van der Waals surface area contributed by atoms with Gasteiger partial charge < -0.3 is 5.32 Å². The second-order valence-corrected chi connectivity index (χ2v) is 7.45. The summed E-state index contributed by atoms with van der Waals surface area (Å²) in [6, 6.07) is 15.7. The Hall–Kier alpha value is -2.12. The summed E-state index contributed by atoms with van der Waals surface area (Å²) in [4.78, 5) is 17.8. The summed E-state index contributed by atoms with van der Waals surface area (Å²) in [6.07, 6.45) is 0.350. The average molecular weight is 431 g/mol. The van der Waals surface area contributed by atoms with E-state index >= 15 is 0 Å². The molecule has 0 unspecified atom stereocenters. The van der Waals surface area contributed by atoms with Crippen molar-refractivity contribution in [2.45, 2.75) is 36.9 Å². The van der Waals surface area contributed by atoms with Crippen molar-refractivity contribution in [3.63, 3.8) is 0 Å². The zero-order chi connectivity index (χ0) is 18.5. The monoisotopic (exact) mass is 430 g/mol. The molecule has 0 aliphatic heterocycles. The van der Waals surface area contributed by atoms with E-state index in [1.54, 1.807) is 0 Å². The van der Waals surface area contributed by atoms with E-state index in [1.807, 2.05) is 67.1 Å². The van der Waals surface area contributed by atoms with Crippen molar-refractivity contribution < 1.29 is 4.79 Å². The number of nitrogens with zero attached hydrogens (tertiary/aromatic N) is 3. The number of carbonyl (C=O) groups is 1. The predicted molar refractivity (Wildman–Crippen MR) is 107 cm³/mol. The van der Waals surface area contributed by atoms with E-state index in [1.165, 1.54) is 11.8 Å². The molecule has 5 nitrogen and oxygen atoms in total. The van der Waals surface area contributed by atoms with Crippen LogP contribution in [0.25, 0.3) is 0 Å². The van der Waals surface area contributed by atoms with E-state index < -0.39 is 0 Å². The Morgan fingerprint density at radius 3 is 2.69 bits per heavy atom. The van der Waals surface area contributed by atoms with Crippen molar-refractivity contribution in [2.75, 3.05) is 5.32 Å². The van der Waals surface area contributed by atoms with Gasteiger partial charge in [0, 0.05) is 11.4 Å². The van der Waals surface area contributed by atoms with Crippen molar-refractivity contribution >= 4 is 39.3 Å². The molecular formula is C19H19BrN4OS. The van der Waals surface area contributed by atoms with Crippen LogP contribution >= 0.6 is 27.7 Å². The zero-order valence-electron chi connectivity index (χ0n) is 14.6. The molecule has 2 aromatic carbocycles. The summed E-state index contributed by atoms with van der Waals surface area (Å²) < 4.78 is 2.38. The number of rotatable bonds is 6. The Balaban J connectivity index is 1.77. The quantitative estimate of drug-likeness (QED) is 0.615. The Labute approximate surface area is 165 Å². The molecule has 1 aromatic heterocycles. The Morgan fingerprint density at radius 1 is 1.19 bits per heavy atom. The molecule has 0 saturated heterocycles. The summed E-state index contributed by atoms with van der Waals surface area (Å²) in [5.74, 6) is -0.0366. The third-order valence-electron chi connectivity index (χ3n) is 3.89. The molecule has 1 N–H and O–H groups in total. The lowest BCUT2D eigenvalue weighted by Crippen LogP contribution is -2.15. The Bertz CT molecular complexity index is 925. The topological polar surface area (TPSA) is 59.8 Å². The van der Waals surface area contributed by atoms with Gasteiger partial charge in [0.25, 0.3) is 0 Å². The molecule has 1 heterocycles. The minimum Gasteiger partial charge on any atom is -0.325 e. The van der Waals surface area contributed by atoms with E-state index in [0.717, 1.165) is 33.4 Å². The van der Waals surface area contributed by atoms with Gasteiger partial charge in [0.1, 0.15) is 0 Å². The lowest BCUT2D eigenvalue weighted by Gasteiger charge is -2.11. The van der Waals surface area contributed by atoms with Crippen molar-refractivity contribution in [1.29, 1.82) is 0 Å². The summed E-state index contributed by atoms with van der Waals surface area (Å²) in [6.45, 7) is 4.76. The molecule has 0 aliphatic carbocycles. The van der Waals surface area contributed by atoms with Gasteiger partial charge in [-0.2, -0.15) is 4.98 Å². The molecule has 3 rings (SSSR count). The highest BCUT2D eigenvalue weighted by molar-refractivity contribution is 9.10. The fourth-order valence-corrected chi connectivity index (χ4v) is 3.97. The number of anilines is 1. The van der Waals surface area contributed by atoms with Crippen LogP contribution in [0.5, 0.6) is 0 Å². The molecule has 0 atom stereocenters. The van der Waals surface area contributed by atoms with Crippen molar-refractivity contribution in [3.8, 4) is 0 Å². The van der Waals surface area contributed by atoms with Crippen molar-refractivity contribution in [2.24, 2.45) is 0 Å². The first-order chi connectivity index (χ1) is 12.6. The summed E-state index contributed by atoms with van der Waals surface area (Å²) in [7, 11) is 0. The molecular weight excluding hydrogens is 412 g/mol. The van der Waals surface area contributed by atoms with E-state index in [0.29, 0.717) is 11.2 Å². The molecule has 0 fully saturated rings. The highest BCUT2D eigenvalue weighted by Gasteiger charge is 2.13. The average Bonchev–Trinajstić information content (AvgIpc) is 2.98. The standard InChI is InChI=1S/C19H19BrN4OS/c1-3-24-19(22-18(20)23-24)26-16-11-7-6-10-15(16)21-17(25)12-14-9-5-4-8-13(14)2/h4-11H,3,12H2,1-2H3,(H,21,25). The zero-order valence-corrected chi connectivity index (χ0v) is 17.0. The van der Waals surface area contributed by atoms with Crippen LogP contribution in [0, 0.1) is 6.92 Å². The van der Waals surface area contributed by atoms with Crippen LogP contribution in [0.2, 0.25) is 0 Å². The number of carbonyl (C=O) groups excluding carboxylic acids is 1. The number of aromatic nitrogens is 3. The lowest BCUT2D eigenvalue weighted by molar-refractivity contribution is -0.115. The van der Waals surface area contributed by atoms with Crippen molar-refractivity contribution in [1.82, 2.24) is 14.8 Å². The molecule has 26 heavy (non-hydrogen) atoms. The number of nitrogens with one attached hydrogen (secondary N) is 1. The van der Waals surface area contributed by atoms with Crippen LogP contribution in [-0.4, -0.2) is 20.7 Å². The number of aryl methyl sites for hydroxylation is 2. The molecule has 3 aromatic rings. The van der Waals surface area contributed by atoms with Crippen LogP contribution in [0.3, 0.4) is 0 Å². The summed E-state index contributed by atoms with van der Waals surface area (Å²) in [5.41, 5.74) is 2.92. The van der Waals surface area contributed by atoms with Crippen LogP contribution in [0.1, 0.15) is 18.1 Å². The van der Waals surface area contributed by atoms with Crippen LogP contribution < -0.4 is 5.32 Å². The highest BCUT2D eigenvalue weighted by Crippen LogP contribution is 2.33. The third kappa shape index (κ3) is 4.53. The molecule has 1 amide bonds. The van der Waals surface area contributed by atoms with Gasteiger partial charge in [0.05, 0.1) is 12.1 Å². The SMILES string of the molecule is CCn1nc(Br)nc1Sc1ccccc1NC(=O)Cc1ccccc1C. The summed E-state index contributed by atoms with van der Waals surface area (Å²) in [5, 5.41) is 8.10. The van der Waals surface area contributed by atoms with Gasteiger partial charge in [-0.15, -0.1) is 5.10 Å². The molecule has 0 spiro atoms. The normalized spacial score (nSPS) is 10.7. The maximum atomic E-state index is 12.5. The van der Waals surface area contributed by atoms with Gasteiger partial charge in [-0.05, 0) is 64.8 Å². The van der Waals surface area contributed by atoms with E-state index in [4.69, 9.17) is 0 Å². The maximum Gasteiger partial charge on any atom is 0.228 e. The van der Waals surface area contributed by atoms with Gasteiger partial charge in [0.15, 0.2) is 5.16 Å². The Morgan fingerprint density at radius 2 is 1.92 bits per heavy atom. The van der Waals surface area contributed by atoms with Gasteiger partial charge in [0.2, 0.25) is 10.6 Å². The van der Waals surface area contributed by atoms with E-state index in [-0.39, 0.29) is 5.91 Å². The number of benzene rings is 2. The molecule has 0 saturated carbocycles. The van der Waals surface area contributed by atoms with Gasteiger partial charge in [-0.3, -0.25) is 4.79 Å². The van der Waals surface area contributed by atoms with E-state index in [2.05, 4.69) is 31.3 Å². The van der Waals surface area contributed by atoms with Crippen LogP contribution in [-0.2, 0) is 17.8 Å². The van der Waals surface area contributed by atoms with Gasteiger partial charge in [-0.25, -0.2) is 4.68 Å². The van der Waals surface area contributed by atoms with Crippen LogP contribution in [0.4, 0.5) is 5.69 Å². The number of hydrogen-bond donors (Lipinski definition) is 1. The molecule has 0 radical (unpaired) electrons. The molecule has 0 aliphatic rings. The number of halogens is 1. The number of amides is 1. The van der Waals surface area contributed by atoms with E-state index in [9.17, 15) is 4.79 Å². The maximum absolute atomic E-state index is 12.5. The fraction of sp³-hybridized carbons (Fsp3) is 0.211. The second-order valence-electron chi connectivity index (χ2n) is 5.73. The van der Waals surface area contributed by atoms with Crippen LogP contribution in [0.15, 0.2) is 63.3 Å². The smallest absolute Gasteiger partial charge is 0.228 e. The molecule has 7 heteroatoms. The lowest BCUT2D eigenvalue weighted by atomic mass is 10.1. The highest BCUT2D eigenvalue weighted by atomic mass is 79.9. The van der Waals surface area contributed by atoms with Crippen molar-refractivity contribution in [3.05, 3.63) is 64.4 Å². The minimum absolute atomic E-state index is 0.0366. The molecule has 134 valence electrons. The number of hydrogen-bond acceptors (Lipinski definition) is 4. The number of para-hydroxylation sites is 1. The predicted octanol–water partition coefficient (Wildman–Crippen LogP) is 4.70. The second kappa shape index (κ2) is 8.51. The third-order valence-corrected chi connectivity index (χ3v) is 5.28. The fourth-order valence-electron chi connectivity index (χ4n) is 2.52. The first kappa shape index (κ1) is 18.7. The van der Waals surface area contributed by atoms with Gasteiger partial charge >= 0.3 is 0 Å². The molecule has 0 bridgehead atoms. The van der Waals surface area contributed by atoms with Gasteiger partial charge in [-0.1, -0.05) is 36.4 Å². The first-order valence-electron chi connectivity index (χ1n) is 8.28. The minimum atomic E-state index is -0.0366. The first-order valence-corrected chi connectivity index (χ1v) is 9.89.